The molecule has 1 aliphatic heterocycles. The summed E-state index contributed by atoms with van der Waals surface area (Å²) >= 11 is 0. The number of hydrogen-bond acceptors (Lipinski definition) is 6. The number of nitrogens with one attached hydrogen (secondary N) is 3. The van der Waals surface area contributed by atoms with Crippen molar-refractivity contribution in [1.29, 1.82) is 0 Å². The minimum Gasteiger partial charge on any atom is -0.369 e. The van der Waals surface area contributed by atoms with E-state index >= 15 is 0 Å². The van der Waals surface area contributed by atoms with E-state index in [0.29, 0.717) is 31.8 Å². The molecule has 1 aromatic carbocycles. The van der Waals surface area contributed by atoms with Crippen LogP contribution in [0.25, 0.3) is 0 Å². The van der Waals surface area contributed by atoms with E-state index in [1.54, 1.807) is 0 Å². The molecular weight excluding hydrogens is 445 g/mol. The third-order valence-corrected chi connectivity index (χ3v) is 7.02. The summed E-state index contributed by atoms with van der Waals surface area (Å²) in [5, 5.41) is 5.75. The van der Waals surface area contributed by atoms with Crippen molar-refractivity contribution in [1.82, 2.24) is 19.0 Å². The number of para-hydroxylation sites is 1. The van der Waals surface area contributed by atoms with Crippen LogP contribution >= 0.6 is 0 Å². The Balaban J connectivity index is 1.45. The second kappa shape index (κ2) is 9.20. The van der Waals surface area contributed by atoms with E-state index in [9.17, 15) is 21.6 Å². The molecule has 2 heterocycles. The zero-order valence-corrected chi connectivity index (χ0v) is 18.1. The lowest BCUT2D eigenvalue weighted by molar-refractivity contribution is -0.137. The molecule has 12 heteroatoms. The second-order valence-electron chi connectivity index (χ2n) is 7.87. The van der Waals surface area contributed by atoms with Crippen molar-refractivity contribution >= 4 is 27.7 Å². The number of nitrogens with zero attached hydrogens (tertiary/aromatic N) is 3. The van der Waals surface area contributed by atoms with Crippen molar-refractivity contribution in [2.75, 3.05) is 36.8 Å². The van der Waals surface area contributed by atoms with Crippen LogP contribution in [0.3, 0.4) is 0 Å². The summed E-state index contributed by atoms with van der Waals surface area (Å²) in [6.07, 6.45) is -0.670. The minimum atomic E-state index is -4.62. The summed E-state index contributed by atoms with van der Waals surface area (Å²) < 4.78 is 68.0. The highest BCUT2D eigenvalue weighted by Gasteiger charge is 2.35. The number of rotatable bonds is 8. The lowest BCUT2D eigenvalue weighted by Crippen LogP contribution is -2.47. The maximum absolute atomic E-state index is 13.5. The molecule has 0 unspecified atom stereocenters. The largest absolute Gasteiger partial charge is 0.421 e. The first-order valence-electron chi connectivity index (χ1n) is 10.5. The van der Waals surface area contributed by atoms with Gasteiger partial charge in [-0.1, -0.05) is 18.2 Å². The maximum Gasteiger partial charge on any atom is 0.421 e. The molecule has 0 spiro atoms. The first-order valence-corrected chi connectivity index (χ1v) is 12.0. The third kappa shape index (κ3) is 5.48. The summed E-state index contributed by atoms with van der Waals surface area (Å²) in [7, 11) is -3.51. The Morgan fingerprint density at radius 3 is 2.72 bits per heavy atom. The van der Waals surface area contributed by atoms with E-state index in [-0.39, 0.29) is 24.9 Å². The monoisotopic (exact) mass is 470 g/mol. The van der Waals surface area contributed by atoms with E-state index in [0.717, 1.165) is 30.3 Å². The van der Waals surface area contributed by atoms with Crippen LogP contribution in [0.2, 0.25) is 0 Å². The predicted molar refractivity (Wildman–Crippen MR) is 115 cm³/mol. The summed E-state index contributed by atoms with van der Waals surface area (Å²) in [5.41, 5.74) is 0.913. The molecular formula is C20H25F3N6O2S. The highest BCUT2D eigenvalue weighted by molar-refractivity contribution is 7.87. The quantitative estimate of drug-likeness (QED) is 0.511. The standard InChI is InChI=1S/C20H25F3N6O2S/c21-20(22,23)16-13-25-19(27-17-6-2-1-5-15(17)14-7-8-14)28-18(16)24-9-3-11-29-12-4-10-26-32(29,30)31/h1-2,5-6,13-14,26H,3-4,7-12H2,(H2,24,25,27,28). The van der Waals surface area contributed by atoms with Gasteiger partial charge in [-0.25, -0.2) is 9.71 Å². The molecule has 174 valence electrons. The van der Waals surface area contributed by atoms with Gasteiger partial charge in [0, 0.05) is 38.1 Å². The molecule has 2 aliphatic rings. The van der Waals surface area contributed by atoms with Gasteiger partial charge in [0.1, 0.15) is 11.4 Å². The van der Waals surface area contributed by atoms with Gasteiger partial charge in [-0.3, -0.25) is 0 Å². The summed E-state index contributed by atoms with van der Waals surface area (Å²) in [4.78, 5) is 7.94. The predicted octanol–water partition coefficient (Wildman–Crippen LogP) is 3.46. The fourth-order valence-electron chi connectivity index (χ4n) is 3.63. The van der Waals surface area contributed by atoms with Crippen LogP contribution in [-0.4, -0.2) is 48.9 Å². The van der Waals surface area contributed by atoms with Crippen LogP contribution < -0.4 is 15.4 Å². The number of halogens is 3. The third-order valence-electron chi connectivity index (χ3n) is 5.40. The number of aromatic nitrogens is 2. The lowest BCUT2D eigenvalue weighted by atomic mass is 10.1. The Morgan fingerprint density at radius 2 is 2.00 bits per heavy atom. The van der Waals surface area contributed by atoms with E-state index in [1.807, 2.05) is 24.3 Å². The van der Waals surface area contributed by atoms with Crippen molar-refractivity contribution in [3.05, 3.63) is 41.6 Å². The number of hydrogen-bond donors (Lipinski definition) is 3. The number of anilines is 3. The topological polar surface area (TPSA) is 99.3 Å². The molecule has 2 aromatic rings. The molecule has 8 nitrogen and oxygen atoms in total. The molecule has 1 saturated heterocycles. The van der Waals surface area contributed by atoms with E-state index in [1.165, 1.54) is 4.31 Å². The van der Waals surface area contributed by atoms with Gasteiger partial charge in [0.15, 0.2) is 0 Å². The summed E-state index contributed by atoms with van der Waals surface area (Å²) in [5.74, 6) is 0.182. The van der Waals surface area contributed by atoms with Gasteiger partial charge >= 0.3 is 6.18 Å². The van der Waals surface area contributed by atoms with Gasteiger partial charge in [-0.05, 0) is 43.2 Å². The normalized spacial score (nSPS) is 19.0. The van der Waals surface area contributed by atoms with Crippen molar-refractivity contribution in [3.63, 3.8) is 0 Å². The Labute approximate surface area is 184 Å². The molecule has 1 saturated carbocycles. The maximum atomic E-state index is 13.5. The highest BCUT2D eigenvalue weighted by Crippen LogP contribution is 2.43. The van der Waals surface area contributed by atoms with Gasteiger partial charge in [0.2, 0.25) is 5.95 Å². The van der Waals surface area contributed by atoms with Gasteiger partial charge in [0.25, 0.3) is 10.2 Å². The summed E-state index contributed by atoms with van der Waals surface area (Å²) in [6.45, 7) is 1.12. The molecule has 2 fully saturated rings. The van der Waals surface area contributed by atoms with E-state index in [4.69, 9.17) is 0 Å². The fourth-order valence-corrected chi connectivity index (χ4v) is 4.95. The Hall–Kier alpha value is -2.44. The summed E-state index contributed by atoms with van der Waals surface area (Å²) in [6, 6.07) is 7.63. The van der Waals surface area contributed by atoms with Crippen LogP contribution in [0, 0.1) is 0 Å². The molecule has 0 radical (unpaired) electrons. The molecule has 0 atom stereocenters. The SMILES string of the molecule is O=S1(=O)NCCCN1CCCNc1nc(Nc2ccccc2C2CC2)ncc1C(F)(F)F. The average molecular weight is 471 g/mol. The van der Waals surface area contributed by atoms with Crippen molar-refractivity contribution < 1.29 is 21.6 Å². The van der Waals surface area contributed by atoms with Crippen LogP contribution in [0.4, 0.5) is 30.6 Å². The van der Waals surface area contributed by atoms with Crippen molar-refractivity contribution in [2.45, 2.75) is 37.8 Å². The van der Waals surface area contributed by atoms with Crippen molar-refractivity contribution in [3.8, 4) is 0 Å². The second-order valence-corrected chi connectivity index (χ2v) is 9.63. The Bertz CT molecular complexity index is 1060. The van der Waals surface area contributed by atoms with Gasteiger partial charge in [-0.2, -0.15) is 30.9 Å². The van der Waals surface area contributed by atoms with Gasteiger partial charge < -0.3 is 10.6 Å². The Kier molecular flexibility index (Phi) is 6.54. The van der Waals surface area contributed by atoms with Crippen molar-refractivity contribution in [2.24, 2.45) is 0 Å². The molecule has 1 aromatic heterocycles. The fraction of sp³-hybridized carbons (Fsp3) is 0.500. The zero-order valence-electron chi connectivity index (χ0n) is 17.3. The molecule has 3 N–H and O–H groups in total. The average Bonchev–Trinajstić information content (AvgIpc) is 3.57. The molecule has 32 heavy (non-hydrogen) atoms. The first kappa shape index (κ1) is 22.7. The van der Waals surface area contributed by atoms with Crippen LogP contribution in [0.15, 0.2) is 30.5 Å². The number of alkyl halides is 3. The van der Waals surface area contributed by atoms with Crippen LogP contribution in [0.1, 0.15) is 42.7 Å². The highest BCUT2D eigenvalue weighted by atomic mass is 32.2. The van der Waals surface area contributed by atoms with Gasteiger partial charge in [0.05, 0.1) is 0 Å². The Morgan fingerprint density at radius 1 is 1.22 bits per heavy atom. The first-order chi connectivity index (χ1) is 15.2. The smallest absolute Gasteiger partial charge is 0.369 e. The van der Waals surface area contributed by atoms with Crippen LogP contribution in [-0.2, 0) is 16.4 Å². The molecule has 1 aliphatic carbocycles. The lowest BCUT2D eigenvalue weighted by Gasteiger charge is -2.26. The molecule has 0 bridgehead atoms. The zero-order chi connectivity index (χ0) is 22.8. The van der Waals surface area contributed by atoms with E-state index < -0.39 is 21.9 Å². The van der Waals surface area contributed by atoms with Gasteiger partial charge in [-0.15, -0.1) is 0 Å². The van der Waals surface area contributed by atoms with E-state index in [2.05, 4.69) is 25.3 Å². The minimum absolute atomic E-state index is 0.0661. The molecule has 0 amide bonds. The van der Waals surface area contributed by atoms with Crippen LogP contribution in [0.5, 0.6) is 0 Å². The molecule has 4 rings (SSSR count). The number of benzene rings is 1.